The molecule has 1 aliphatic rings. The van der Waals surface area contributed by atoms with Gasteiger partial charge in [-0.05, 0) is 61.2 Å². The number of benzene rings is 2. The van der Waals surface area contributed by atoms with E-state index in [4.69, 9.17) is 18.9 Å². The van der Waals surface area contributed by atoms with E-state index >= 15 is 0 Å². The standard InChI is InChI=1S/C23H31NO5/c1-26-22-10-5-17(13-23(22)27-2)11-12-24-14-19(25)16-29-20-6-3-18(4-7-20)15-28-21-8-9-21/h3-7,10,13,19,21,24-25H,8-9,11-12,14-16H2,1-2H3. The van der Waals surface area contributed by atoms with Gasteiger partial charge in [0.05, 0.1) is 26.9 Å². The number of hydrogen-bond donors (Lipinski definition) is 2. The van der Waals surface area contributed by atoms with Gasteiger partial charge in [-0.15, -0.1) is 0 Å². The predicted octanol–water partition coefficient (Wildman–Crippen LogP) is 2.95. The summed E-state index contributed by atoms with van der Waals surface area (Å²) in [5.74, 6) is 2.20. The average molecular weight is 402 g/mol. The van der Waals surface area contributed by atoms with Crippen LogP contribution in [0.25, 0.3) is 0 Å². The Morgan fingerprint density at radius 1 is 1.00 bits per heavy atom. The van der Waals surface area contributed by atoms with Crippen molar-refractivity contribution in [3.63, 3.8) is 0 Å². The van der Waals surface area contributed by atoms with E-state index in [-0.39, 0.29) is 6.61 Å². The Kier molecular flexibility index (Phi) is 8.16. The van der Waals surface area contributed by atoms with E-state index in [1.165, 1.54) is 12.8 Å². The molecule has 1 atom stereocenters. The molecule has 3 rings (SSSR count). The summed E-state index contributed by atoms with van der Waals surface area (Å²) in [6.45, 7) is 2.13. The van der Waals surface area contributed by atoms with Crippen LogP contribution in [0.1, 0.15) is 24.0 Å². The fourth-order valence-corrected chi connectivity index (χ4v) is 2.92. The zero-order valence-electron chi connectivity index (χ0n) is 17.2. The number of ether oxygens (including phenoxy) is 4. The highest BCUT2D eigenvalue weighted by molar-refractivity contribution is 5.42. The first-order chi connectivity index (χ1) is 14.2. The number of nitrogens with one attached hydrogen (secondary N) is 1. The van der Waals surface area contributed by atoms with E-state index in [9.17, 15) is 5.11 Å². The highest BCUT2D eigenvalue weighted by Gasteiger charge is 2.21. The maximum atomic E-state index is 10.1. The monoisotopic (exact) mass is 401 g/mol. The van der Waals surface area contributed by atoms with E-state index in [1.54, 1.807) is 14.2 Å². The van der Waals surface area contributed by atoms with Crippen LogP contribution < -0.4 is 19.5 Å². The van der Waals surface area contributed by atoms with Crippen LogP contribution >= 0.6 is 0 Å². The number of aliphatic hydroxyl groups is 1. The Balaban J connectivity index is 1.31. The van der Waals surface area contributed by atoms with Crippen LogP contribution in [0.4, 0.5) is 0 Å². The second kappa shape index (κ2) is 11.0. The normalized spacial score (nSPS) is 14.4. The van der Waals surface area contributed by atoms with Gasteiger partial charge in [-0.1, -0.05) is 18.2 Å². The van der Waals surface area contributed by atoms with Crippen LogP contribution in [0, 0.1) is 0 Å². The molecule has 29 heavy (non-hydrogen) atoms. The molecule has 0 amide bonds. The van der Waals surface area contributed by atoms with Crippen molar-refractivity contribution in [2.24, 2.45) is 0 Å². The minimum absolute atomic E-state index is 0.251. The molecule has 0 radical (unpaired) electrons. The number of methoxy groups -OCH3 is 2. The van der Waals surface area contributed by atoms with Crippen molar-refractivity contribution in [3.05, 3.63) is 53.6 Å². The van der Waals surface area contributed by atoms with Crippen LogP contribution in [0.2, 0.25) is 0 Å². The maximum absolute atomic E-state index is 10.1. The topological polar surface area (TPSA) is 69.2 Å². The van der Waals surface area contributed by atoms with Gasteiger partial charge in [0, 0.05) is 6.54 Å². The molecule has 0 spiro atoms. The van der Waals surface area contributed by atoms with Gasteiger partial charge in [0.15, 0.2) is 11.5 Å². The molecule has 6 heteroatoms. The molecule has 0 aromatic heterocycles. The third-order valence-electron chi connectivity index (χ3n) is 4.79. The fraction of sp³-hybridized carbons (Fsp3) is 0.478. The van der Waals surface area contributed by atoms with Crippen molar-refractivity contribution in [2.75, 3.05) is 33.9 Å². The lowest BCUT2D eigenvalue weighted by Gasteiger charge is -2.14. The fourth-order valence-electron chi connectivity index (χ4n) is 2.92. The van der Waals surface area contributed by atoms with Crippen molar-refractivity contribution in [1.82, 2.24) is 5.32 Å². The van der Waals surface area contributed by atoms with Crippen LogP contribution in [0.15, 0.2) is 42.5 Å². The predicted molar refractivity (Wildman–Crippen MR) is 112 cm³/mol. The summed E-state index contributed by atoms with van der Waals surface area (Å²) in [6, 6.07) is 13.7. The summed E-state index contributed by atoms with van der Waals surface area (Å²) in [5, 5.41) is 13.4. The van der Waals surface area contributed by atoms with Crippen LogP contribution in [0.3, 0.4) is 0 Å². The maximum Gasteiger partial charge on any atom is 0.160 e. The van der Waals surface area contributed by atoms with Gasteiger partial charge in [0.25, 0.3) is 0 Å². The van der Waals surface area contributed by atoms with Gasteiger partial charge >= 0.3 is 0 Å². The first-order valence-corrected chi connectivity index (χ1v) is 10.1. The summed E-state index contributed by atoms with van der Waals surface area (Å²) < 4.78 is 21.9. The first-order valence-electron chi connectivity index (χ1n) is 10.1. The molecule has 0 heterocycles. The Morgan fingerprint density at radius 2 is 1.72 bits per heavy atom. The van der Waals surface area contributed by atoms with Gasteiger partial charge in [-0.2, -0.15) is 0 Å². The van der Waals surface area contributed by atoms with E-state index in [1.807, 2.05) is 42.5 Å². The zero-order chi connectivity index (χ0) is 20.5. The second-order valence-corrected chi connectivity index (χ2v) is 7.26. The summed E-state index contributed by atoms with van der Waals surface area (Å²) in [6.07, 6.45) is 3.08. The van der Waals surface area contributed by atoms with Gasteiger partial charge in [0.2, 0.25) is 0 Å². The van der Waals surface area contributed by atoms with Crippen LogP contribution in [-0.4, -0.2) is 51.2 Å². The first kappa shape index (κ1) is 21.4. The lowest BCUT2D eigenvalue weighted by Crippen LogP contribution is -2.32. The van der Waals surface area contributed by atoms with Crippen molar-refractivity contribution in [3.8, 4) is 17.2 Å². The molecular weight excluding hydrogens is 370 g/mol. The molecule has 0 saturated heterocycles. The lowest BCUT2D eigenvalue weighted by molar-refractivity contribution is 0.104. The smallest absolute Gasteiger partial charge is 0.160 e. The Morgan fingerprint density at radius 3 is 2.41 bits per heavy atom. The van der Waals surface area contributed by atoms with Crippen LogP contribution in [-0.2, 0) is 17.8 Å². The summed E-state index contributed by atoms with van der Waals surface area (Å²) >= 11 is 0. The minimum atomic E-state index is -0.571. The molecule has 1 saturated carbocycles. The van der Waals surface area contributed by atoms with Gasteiger partial charge < -0.3 is 29.4 Å². The molecule has 1 fully saturated rings. The van der Waals surface area contributed by atoms with E-state index < -0.39 is 6.10 Å². The second-order valence-electron chi connectivity index (χ2n) is 7.26. The molecule has 2 N–H and O–H groups in total. The van der Waals surface area contributed by atoms with E-state index in [0.29, 0.717) is 19.3 Å². The van der Waals surface area contributed by atoms with Gasteiger partial charge in [-0.25, -0.2) is 0 Å². The number of hydrogen-bond acceptors (Lipinski definition) is 6. The van der Waals surface area contributed by atoms with Crippen molar-refractivity contribution < 1.29 is 24.1 Å². The Hall–Kier alpha value is -2.28. The third-order valence-corrected chi connectivity index (χ3v) is 4.79. The zero-order valence-corrected chi connectivity index (χ0v) is 17.2. The molecule has 2 aromatic carbocycles. The van der Waals surface area contributed by atoms with E-state index in [0.717, 1.165) is 41.3 Å². The quantitative estimate of drug-likeness (QED) is 0.503. The summed E-state index contributed by atoms with van der Waals surface area (Å²) in [7, 11) is 3.26. The molecule has 158 valence electrons. The molecule has 6 nitrogen and oxygen atoms in total. The molecule has 1 unspecified atom stereocenters. The molecule has 2 aromatic rings. The third kappa shape index (κ3) is 7.24. The Labute approximate surface area is 172 Å². The average Bonchev–Trinajstić information content (AvgIpc) is 3.59. The summed E-state index contributed by atoms with van der Waals surface area (Å²) in [4.78, 5) is 0. The molecule has 0 aliphatic heterocycles. The van der Waals surface area contributed by atoms with Crippen LogP contribution in [0.5, 0.6) is 17.2 Å². The van der Waals surface area contributed by atoms with Crippen molar-refractivity contribution in [1.29, 1.82) is 0 Å². The van der Waals surface area contributed by atoms with E-state index in [2.05, 4.69) is 5.32 Å². The highest BCUT2D eigenvalue weighted by Crippen LogP contribution is 2.27. The lowest BCUT2D eigenvalue weighted by atomic mass is 10.1. The largest absolute Gasteiger partial charge is 0.493 e. The van der Waals surface area contributed by atoms with Gasteiger partial charge in [-0.3, -0.25) is 0 Å². The van der Waals surface area contributed by atoms with Crippen molar-refractivity contribution >= 4 is 0 Å². The van der Waals surface area contributed by atoms with Gasteiger partial charge in [0.1, 0.15) is 18.5 Å². The molecular formula is C23H31NO5. The molecule has 0 bridgehead atoms. The number of aliphatic hydroxyl groups excluding tert-OH is 1. The summed E-state index contributed by atoms with van der Waals surface area (Å²) in [5.41, 5.74) is 2.29. The van der Waals surface area contributed by atoms with Crippen molar-refractivity contribution in [2.45, 2.75) is 38.1 Å². The highest BCUT2D eigenvalue weighted by atomic mass is 16.5. The number of rotatable bonds is 13. The SMILES string of the molecule is COc1ccc(CCNCC(O)COc2ccc(COC3CC3)cc2)cc1OC. The minimum Gasteiger partial charge on any atom is -0.493 e. The molecule has 1 aliphatic carbocycles. The Bertz CT molecular complexity index is 745.